The molecule has 1 rings (SSSR count). The molecule has 0 unspecified atom stereocenters. The van der Waals surface area contributed by atoms with E-state index in [0.717, 1.165) is 0 Å². The van der Waals surface area contributed by atoms with Gasteiger partial charge in [0, 0.05) is 0 Å². The van der Waals surface area contributed by atoms with Crippen LogP contribution in [0.5, 0.6) is 0 Å². The van der Waals surface area contributed by atoms with E-state index in [1.165, 1.54) is 0 Å². The van der Waals surface area contributed by atoms with Crippen LogP contribution in [0.3, 0.4) is 0 Å². The molecule has 1 aliphatic heterocycles. The SMILES string of the molecule is C[C]1=CC=[CH][In]1[CH3]. The molecule has 0 saturated carbocycles. The van der Waals surface area contributed by atoms with E-state index in [0.29, 0.717) is 0 Å². The van der Waals surface area contributed by atoms with Crippen molar-refractivity contribution in [2.45, 2.75) is 11.6 Å². The van der Waals surface area contributed by atoms with Crippen molar-refractivity contribution in [1.29, 1.82) is 0 Å². The van der Waals surface area contributed by atoms with E-state index in [9.17, 15) is 0 Å². The maximum absolute atomic E-state index is 2.41. The predicted molar refractivity (Wildman–Crippen MR) is 34.5 cm³/mol. The van der Waals surface area contributed by atoms with Crippen LogP contribution in [0.2, 0.25) is 4.68 Å². The van der Waals surface area contributed by atoms with E-state index < -0.39 is 21.4 Å². The molecule has 1 heterocycles. The molecule has 36 valence electrons. The Morgan fingerprint density at radius 1 is 1.57 bits per heavy atom. The average molecular weight is 196 g/mol. The van der Waals surface area contributed by atoms with Crippen molar-refractivity contribution in [1.82, 2.24) is 0 Å². The first kappa shape index (κ1) is 5.49. The zero-order valence-corrected chi connectivity index (χ0v) is 8.11. The molecule has 0 amide bonds. The number of hydrogen-bond acceptors (Lipinski definition) is 0. The predicted octanol–water partition coefficient (Wildman–Crippen LogP) is 1.71. The molecule has 0 aromatic rings. The fraction of sp³-hybridized carbons (Fsp3) is 0.333. The van der Waals surface area contributed by atoms with Crippen molar-refractivity contribution in [3.05, 3.63) is 19.3 Å². The van der Waals surface area contributed by atoms with Crippen LogP contribution < -0.4 is 0 Å². The average Bonchev–Trinajstić information content (AvgIpc) is 1.91. The number of allylic oxidation sites excluding steroid dienone is 3. The van der Waals surface area contributed by atoms with Gasteiger partial charge in [-0.15, -0.1) is 0 Å². The number of rotatable bonds is 0. The van der Waals surface area contributed by atoms with Crippen LogP contribution in [0.15, 0.2) is 19.3 Å². The Kier molecular flexibility index (Phi) is 1.63. The Hall–Kier alpha value is 0.350. The second-order valence-electron chi connectivity index (χ2n) is 2.08. The van der Waals surface area contributed by atoms with Gasteiger partial charge in [-0.3, -0.25) is 0 Å². The van der Waals surface area contributed by atoms with Crippen molar-refractivity contribution >= 4 is 21.4 Å². The topological polar surface area (TPSA) is 0 Å². The molecule has 7 heavy (non-hydrogen) atoms. The van der Waals surface area contributed by atoms with Crippen LogP contribution in [0.1, 0.15) is 6.92 Å². The molecule has 0 saturated heterocycles. The molecule has 0 nitrogen and oxygen atoms in total. The Labute approximate surface area is 52.5 Å². The molecule has 0 radical (unpaired) electrons. The fourth-order valence-electron chi connectivity index (χ4n) is 0.678. The second-order valence-corrected chi connectivity index (χ2v) is 10.3. The monoisotopic (exact) mass is 196 g/mol. The van der Waals surface area contributed by atoms with Crippen LogP contribution in [0.25, 0.3) is 0 Å². The Morgan fingerprint density at radius 3 is 2.43 bits per heavy atom. The van der Waals surface area contributed by atoms with Gasteiger partial charge in [-0.05, 0) is 0 Å². The molecule has 0 aromatic carbocycles. The van der Waals surface area contributed by atoms with Crippen molar-refractivity contribution in [2.75, 3.05) is 0 Å². The quantitative estimate of drug-likeness (QED) is 0.553. The molecule has 0 atom stereocenters. The zero-order valence-electron chi connectivity index (χ0n) is 4.81. The molecule has 0 spiro atoms. The van der Waals surface area contributed by atoms with E-state index in [1.54, 1.807) is 3.33 Å². The van der Waals surface area contributed by atoms with E-state index in [-0.39, 0.29) is 0 Å². The molecule has 0 aromatic heterocycles. The van der Waals surface area contributed by atoms with Crippen molar-refractivity contribution in [3.8, 4) is 0 Å². The zero-order chi connectivity index (χ0) is 5.28. The van der Waals surface area contributed by atoms with Gasteiger partial charge in [-0.2, -0.15) is 0 Å². The molecular formula is C6H9In. The minimum absolute atomic E-state index is 1.06. The van der Waals surface area contributed by atoms with Crippen LogP contribution in [0.4, 0.5) is 0 Å². The summed E-state index contributed by atoms with van der Waals surface area (Å²) in [5.74, 6) is 0. The second kappa shape index (κ2) is 2.08. The van der Waals surface area contributed by atoms with Crippen LogP contribution in [0, 0.1) is 0 Å². The maximum atomic E-state index is 2.41. The summed E-state index contributed by atoms with van der Waals surface area (Å²) in [5, 5.41) is 0. The molecule has 0 aliphatic carbocycles. The standard InChI is InChI=1S/C5H6.CH3.In/c1-3-5-4-2;;/h1,3,5H,2H3;1H3;. The van der Waals surface area contributed by atoms with Gasteiger partial charge in [-0.1, -0.05) is 0 Å². The van der Waals surface area contributed by atoms with Gasteiger partial charge in [0.25, 0.3) is 0 Å². The van der Waals surface area contributed by atoms with Gasteiger partial charge in [0.2, 0.25) is 0 Å². The van der Waals surface area contributed by atoms with Crippen molar-refractivity contribution in [2.24, 2.45) is 0 Å². The molecular weight excluding hydrogens is 187 g/mol. The Morgan fingerprint density at radius 2 is 2.29 bits per heavy atom. The summed E-state index contributed by atoms with van der Waals surface area (Å²) in [6.45, 7) is 2.25. The van der Waals surface area contributed by atoms with E-state index in [2.05, 4.69) is 27.6 Å². The normalized spacial score (nSPS) is 18.0. The summed E-state index contributed by atoms with van der Waals surface area (Å²) in [4.78, 5) is 0. The van der Waals surface area contributed by atoms with Gasteiger partial charge < -0.3 is 0 Å². The Balaban J connectivity index is 2.69. The van der Waals surface area contributed by atoms with E-state index in [4.69, 9.17) is 0 Å². The molecule has 0 N–H and O–H groups in total. The first-order valence-corrected chi connectivity index (χ1v) is 9.50. The van der Waals surface area contributed by atoms with Crippen molar-refractivity contribution < 1.29 is 0 Å². The van der Waals surface area contributed by atoms with Gasteiger partial charge in [0.15, 0.2) is 0 Å². The van der Waals surface area contributed by atoms with Crippen molar-refractivity contribution in [3.63, 3.8) is 0 Å². The van der Waals surface area contributed by atoms with E-state index in [1.807, 2.05) is 0 Å². The summed E-state index contributed by atoms with van der Waals surface area (Å²) >= 11 is -1.06. The molecule has 0 bridgehead atoms. The summed E-state index contributed by atoms with van der Waals surface area (Å²) in [6, 6.07) is 0. The Bertz CT molecular complexity index is 122. The third-order valence-electron chi connectivity index (χ3n) is 1.48. The summed E-state index contributed by atoms with van der Waals surface area (Å²) in [5.41, 5.74) is 0. The molecule has 1 aliphatic rings. The summed E-state index contributed by atoms with van der Waals surface area (Å²) in [6.07, 6.45) is 4.46. The first-order chi connectivity index (χ1) is 3.30. The van der Waals surface area contributed by atoms with Crippen LogP contribution in [-0.4, -0.2) is 21.4 Å². The third kappa shape index (κ3) is 1.12. The van der Waals surface area contributed by atoms with Gasteiger partial charge in [0.1, 0.15) is 0 Å². The third-order valence-corrected chi connectivity index (χ3v) is 8.41. The van der Waals surface area contributed by atoms with Crippen LogP contribution >= 0.6 is 0 Å². The first-order valence-electron chi connectivity index (χ1n) is 2.65. The summed E-state index contributed by atoms with van der Waals surface area (Å²) < 4.78 is 6.51. The van der Waals surface area contributed by atoms with E-state index >= 15 is 0 Å². The van der Waals surface area contributed by atoms with Crippen LogP contribution in [-0.2, 0) is 0 Å². The van der Waals surface area contributed by atoms with Gasteiger partial charge in [-0.25, -0.2) is 0 Å². The number of hydrogen-bond donors (Lipinski definition) is 0. The minimum atomic E-state index is -1.06. The fourth-order valence-corrected chi connectivity index (χ4v) is 4.00. The summed E-state index contributed by atoms with van der Waals surface area (Å²) in [7, 11) is 0. The molecule has 0 fully saturated rings. The van der Waals surface area contributed by atoms with Gasteiger partial charge in [0.05, 0.1) is 0 Å². The molecule has 1 heteroatoms. The van der Waals surface area contributed by atoms with Gasteiger partial charge >= 0.3 is 52.4 Å².